The minimum absolute atomic E-state index is 0.106. The van der Waals surface area contributed by atoms with Crippen LogP contribution in [0.3, 0.4) is 0 Å². The van der Waals surface area contributed by atoms with Gasteiger partial charge in [0.05, 0.1) is 12.5 Å². The molecule has 1 aliphatic rings. The predicted molar refractivity (Wildman–Crippen MR) is 64.5 cm³/mol. The second kappa shape index (κ2) is 6.15. The number of carbonyl (C=O) groups is 2. The van der Waals surface area contributed by atoms with Crippen molar-refractivity contribution >= 4 is 11.9 Å². The Kier molecular flexibility index (Phi) is 5.10. The molecule has 1 atom stereocenters. The van der Waals surface area contributed by atoms with Gasteiger partial charge in [-0.05, 0) is 33.2 Å². The van der Waals surface area contributed by atoms with E-state index in [1.165, 1.54) is 13.8 Å². The molecule has 6 heteroatoms. The van der Waals surface area contributed by atoms with E-state index in [0.717, 1.165) is 19.4 Å². The molecule has 1 unspecified atom stereocenters. The van der Waals surface area contributed by atoms with Crippen LogP contribution in [-0.4, -0.2) is 58.4 Å². The van der Waals surface area contributed by atoms with Crippen molar-refractivity contribution in [3.63, 3.8) is 0 Å². The Morgan fingerprint density at radius 2 is 2.06 bits per heavy atom. The molecule has 104 valence electrons. The lowest BCUT2D eigenvalue weighted by atomic mass is 10.1. The van der Waals surface area contributed by atoms with Crippen LogP contribution in [0, 0.1) is 0 Å². The highest BCUT2D eigenvalue weighted by atomic mass is 16.5. The van der Waals surface area contributed by atoms with Crippen molar-refractivity contribution in [3.05, 3.63) is 0 Å². The number of aliphatic carboxylic acids is 2. The third kappa shape index (κ3) is 4.62. The van der Waals surface area contributed by atoms with Gasteiger partial charge in [-0.3, -0.25) is 4.79 Å². The summed E-state index contributed by atoms with van der Waals surface area (Å²) in [6.45, 7) is 5.00. The smallest absolute Gasteiger partial charge is 0.335 e. The molecule has 0 radical (unpaired) electrons. The lowest BCUT2D eigenvalue weighted by Crippen LogP contribution is -2.46. The fraction of sp³-hybridized carbons (Fsp3) is 0.833. The molecule has 0 aromatic rings. The molecule has 0 aliphatic carbocycles. The molecule has 2 N–H and O–H groups in total. The zero-order valence-electron chi connectivity index (χ0n) is 10.9. The Morgan fingerprint density at radius 3 is 2.61 bits per heavy atom. The SMILES string of the molecule is CC(C)(OC1CCCN(CCC(=O)O)C1)C(=O)O. The Morgan fingerprint density at radius 1 is 1.39 bits per heavy atom. The fourth-order valence-electron chi connectivity index (χ4n) is 2.03. The van der Waals surface area contributed by atoms with Crippen LogP contribution in [0.2, 0.25) is 0 Å². The van der Waals surface area contributed by atoms with E-state index in [4.69, 9.17) is 14.9 Å². The van der Waals surface area contributed by atoms with Crippen molar-refractivity contribution in [3.8, 4) is 0 Å². The number of hydrogen-bond donors (Lipinski definition) is 2. The first-order valence-corrected chi connectivity index (χ1v) is 6.16. The largest absolute Gasteiger partial charge is 0.481 e. The molecule has 1 rings (SSSR count). The van der Waals surface area contributed by atoms with E-state index in [9.17, 15) is 9.59 Å². The standard InChI is InChI=1S/C12H21NO5/c1-12(2,11(16)17)18-9-4-3-6-13(8-9)7-5-10(14)15/h9H,3-8H2,1-2H3,(H,14,15)(H,16,17). The van der Waals surface area contributed by atoms with Gasteiger partial charge in [-0.2, -0.15) is 0 Å². The van der Waals surface area contributed by atoms with Crippen LogP contribution in [0.25, 0.3) is 0 Å². The molecule has 0 saturated carbocycles. The van der Waals surface area contributed by atoms with Gasteiger partial charge < -0.3 is 19.8 Å². The normalized spacial score (nSPS) is 21.8. The van der Waals surface area contributed by atoms with Gasteiger partial charge in [-0.1, -0.05) is 0 Å². The van der Waals surface area contributed by atoms with E-state index in [1.54, 1.807) is 0 Å². The van der Waals surface area contributed by atoms with Crippen LogP contribution in [0.15, 0.2) is 0 Å². The Labute approximate surface area is 107 Å². The Bertz CT molecular complexity index is 316. The number of rotatable bonds is 6. The van der Waals surface area contributed by atoms with E-state index < -0.39 is 17.5 Å². The summed E-state index contributed by atoms with van der Waals surface area (Å²) in [7, 11) is 0. The minimum atomic E-state index is -1.19. The van der Waals surface area contributed by atoms with Gasteiger partial charge in [-0.15, -0.1) is 0 Å². The van der Waals surface area contributed by atoms with Crippen molar-refractivity contribution in [1.82, 2.24) is 4.90 Å². The summed E-state index contributed by atoms with van der Waals surface area (Å²) < 4.78 is 5.59. The number of likely N-dealkylation sites (tertiary alicyclic amines) is 1. The zero-order valence-corrected chi connectivity index (χ0v) is 10.9. The Balaban J connectivity index is 2.44. The molecule has 0 bridgehead atoms. The second-order valence-electron chi connectivity index (χ2n) is 5.14. The number of piperidine rings is 1. The monoisotopic (exact) mass is 259 g/mol. The van der Waals surface area contributed by atoms with Gasteiger partial charge in [0.25, 0.3) is 0 Å². The molecule has 1 heterocycles. The van der Waals surface area contributed by atoms with E-state index >= 15 is 0 Å². The summed E-state index contributed by atoms with van der Waals surface area (Å²) in [6.07, 6.45) is 1.69. The van der Waals surface area contributed by atoms with Crippen molar-refractivity contribution in [2.24, 2.45) is 0 Å². The molecule has 18 heavy (non-hydrogen) atoms. The predicted octanol–water partition coefficient (Wildman–Crippen LogP) is 0.805. The average molecular weight is 259 g/mol. The van der Waals surface area contributed by atoms with Gasteiger partial charge in [0.1, 0.15) is 0 Å². The maximum atomic E-state index is 11.0. The highest BCUT2D eigenvalue weighted by molar-refractivity contribution is 5.76. The molecule has 1 aliphatic heterocycles. The number of ether oxygens (including phenoxy) is 1. The first kappa shape index (κ1) is 14.9. The Hall–Kier alpha value is -1.14. The van der Waals surface area contributed by atoms with Crippen LogP contribution in [0.5, 0.6) is 0 Å². The molecule has 1 fully saturated rings. The highest BCUT2D eigenvalue weighted by Crippen LogP contribution is 2.20. The van der Waals surface area contributed by atoms with Gasteiger partial charge in [0.15, 0.2) is 5.60 Å². The average Bonchev–Trinajstić information content (AvgIpc) is 2.26. The number of carboxylic acids is 2. The fourth-order valence-corrected chi connectivity index (χ4v) is 2.03. The molecule has 6 nitrogen and oxygen atoms in total. The van der Waals surface area contributed by atoms with Crippen LogP contribution in [-0.2, 0) is 14.3 Å². The molecule has 0 aromatic carbocycles. The van der Waals surface area contributed by atoms with Crippen LogP contribution >= 0.6 is 0 Å². The van der Waals surface area contributed by atoms with E-state index in [1.807, 2.05) is 4.90 Å². The second-order valence-corrected chi connectivity index (χ2v) is 5.14. The summed E-state index contributed by atoms with van der Waals surface area (Å²) in [5.41, 5.74) is -1.19. The highest BCUT2D eigenvalue weighted by Gasteiger charge is 2.33. The van der Waals surface area contributed by atoms with Gasteiger partial charge >= 0.3 is 11.9 Å². The molecular formula is C12H21NO5. The summed E-state index contributed by atoms with van der Waals surface area (Å²) in [6, 6.07) is 0. The van der Waals surface area contributed by atoms with Gasteiger partial charge in [-0.25, -0.2) is 4.79 Å². The molecular weight excluding hydrogens is 238 g/mol. The van der Waals surface area contributed by atoms with Crippen LogP contribution < -0.4 is 0 Å². The summed E-state index contributed by atoms with van der Waals surface area (Å²) >= 11 is 0. The minimum Gasteiger partial charge on any atom is -0.481 e. The van der Waals surface area contributed by atoms with Crippen molar-refractivity contribution in [1.29, 1.82) is 0 Å². The summed E-state index contributed by atoms with van der Waals surface area (Å²) in [4.78, 5) is 23.5. The van der Waals surface area contributed by atoms with E-state index in [0.29, 0.717) is 13.1 Å². The number of hydrogen-bond acceptors (Lipinski definition) is 4. The topological polar surface area (TPSA) is 87.1 Å². The molecule has 0 aromatic heterocycles. The molecule has 0 amide bonds. The lowest BCUT2D eigenvalue weighted by molar-refractivity contribution is -0.171. The maximum absolute atomic E-state index is 11.0. The first-order valence-electron chi connectivity index (χ1n) is 6.16. The zero-order chi connectivity index (χ0) is 13.8. The molecule has 1 saturated heterocycles. The molecule has 0 spiro atoms. The maximum Gasteiger partial charge on any atom is 0.335 e. The first-order chi connectivity index (χ1) is 8.31. The van der Waals surface area contributed by atoms with Crippen molar-refractivity contribution in [2.45, 2.75) is 44.8 Å². The van der Waals surface area contributed by atoms with Gasteiger partial charge in [0, 0.05) is 13.1 Å². The van der Waals surface area contributed by atoms with Crippen molar-refractivity contribution < 1.29 is 24.5 Å². The summed E-state index contributed by atoms with van der Waals surface area (Å²) in [5.74, 6) is -1.80. The number of nitrogens with zero attached hydrogens (tertiary/aromatic N) is 1. The quantitative estimate of drug-likeness (QED) is 0.734. The third-order valence-electron chi connectivity index (χ3n) is 3.08. The van der Waals surface area contributed by atoms with Gasteiger partial charge in [0.2, 0.25) is 0 Å². The third-order valence-corrected chi connectivity index (χ3v) is 3.08. The number of carboxylic acid groups (broad SMARTS) is 2. The summed E-state index contributed by atoms with van der Waals surface area (Å²) in [5, 5.41) is 17.6. The van der Waals surface area contributed by atoms with Crippen LogP contribution in [0.4, 0.5) is 0 Å². The van der Waals surface area contributed by atoms with E-state index in [2.05, 4.69) is 0 Å². The van der Waals surface area contributed by atoms with Crippen molar-refractivity contribution in [2.75, 3.05) is 19.6 Å². The van der Waals surface area contributed by atoms with Crippen LogP contribution in [0.1, 0.15) is 33.1 Å². The van der Waals surface area contributed by atoms with E-state index in [-0.39, 0.29) is 12.5 Å². The lowest BCUT2D eigenvalue weighted by Gasteiger charge is -2.35.